The van der Waals surface area contributed by atoms with Crippen LogP contribution >= 0.6 is 23.3 Å². The Labute approximate surface area is 146 Å². The Kier molecular flexibility index (Phi) is 5.36. The Morgan fingerprint density at radius 1 is 1.29 bits per heavy atom. The van der Waals surface area contributed by atoms with Gasteiger partial charge >= 0.3 is 6.18 Å². The Bertz CT molecular complexity index is 697. The van der Waals surface area contributed by atoms with Gasteiger partial charge in [0.2, 0.25) is 0 Å². The van der Waals surface area contributed by atoms with Crippen molar-refractivity contribution in [2.75, 3.05) is 17.9 Å². The van der Waals surface area contributed by atoms with Gasteiger partial charge in [0.15, 0.2) is 5.13 Å². The molecule has 0 unspecified atom stereocenters. The first-order valence-electron chi connectivity index (χ1n) is 7.58. The van der Waals surface area contributed by atoms with Crippen molar-refractivity contribution in [2.24, 2.45) is 0 Å². The van der Waals surface area contributed by atoms with Crippen LogP contribution in [-0.4, -0.2) is 18.2 Å². The van der Waals surface area contributed by atoms with Crippen molar-refractivity contribution in [1.82, 2.24) is 4.98 Å². The third-order valence-electron chi connectivity index (χ3n) is 4.00. The molecule has 3 nitrogen and oxygen atoms in total. The maximum atomic E-state index is 13.0. The van der Waals surface area contributed by atoms with Crippen LogP contribution < -0.4 is 4.72 Å². The molecule has 3 rings (SSSR count). The van der Waals surface area contributed by atoms with Gasteiger partial charge in [0, 0.05) is 29.4 Å². The first-order chi connectivity index (χ1) is 11.4. The molecule has 0 spiro atoms. The van der Waals surface area contributed by atoms with Crippen molar-refractivity contribution in [3.05, 3.63) is 40.4 Å². The van der Waals surface area contributed by atoms with Gasteiger partial charge in [0.1, 0.15) is 0 Å². The number of thiazole rings is 1. The summed E-state index contributed by atoms with van der Waals surface area (Å²) < 4.78 is 47.3. The zero-order valence-corrected chi connectivity index (χ0v) is 14.7. The zero-order valence-electron chi connectivity index (χ0n) is 13.0. The van der Waals surface area contributed by atoms with E-state index < -0.39 is 11.7 Å². The van der Waals surface area contributed by atoms with Gasteiger partial charge in [-0.3, -0.25) is 0 Å². The molecule has 2 heterocycles. The monoisotopic (exact) mass is 374 g/mol. The maximum absolute atomic E-state index is 13.0. The predicted octanol–water partition coefficient (Wildman–Crippen LogP) is 5.48. The number of anilines is 1. The van der Waals surface area contributed by atoms with E-state index in [4.69, 9.17) is 4.74 Å². The third kappa shape index (κ3) is 4.04. The molecule has 1 aliphatic heterocycles. The lowest BCUT2D eigenvalue weighted by molar-refractivity contribution is -0.138. The third-order valence-corrected chi connectivity index (χ3v) is 5.86. The van der Waals surface area contributed by atoms with E-state index in [9.17, 15) is 13.2 Å². The number of halogens is 3. The molecule has 1 N–H and O–H groups in total. The lowest BCUT2D eigenvalue weighted by atomic mass is 9.98. The average molecular weight is 374 g/mol. The van der Waals surface area contributed by atoms with Crippen LogP contribution in [0, 0.1) is 6.92 Å². The topological polar surface area (TPSA) is 34.2 Å². The molecule has 0 aliphatic carbocycles. The summed E-state index contributed by atoms with van der Waals surface area (Å²) >= 11 is 2.64. The van der Waals surface area contributed by atoms with Gasteiger partial charge in [-0.15, -0.1) is 11.3 Å². The van der Waals surface area contributed by atoms with Gasteiger partial charge in [-0.05, 0) is 49.4 Å². The van der Waals surface area contributed by atoms with Crippen LogP contribution in [0.5, 0.6) is 0 Å². The second kappa shape index (κ2) is 7.33. The zero-order chi connectivity index (χ0) is 17.2. The number of nitrogens with zero attached hydrogens (tertiary/aromatic N) is 1. The lowest BCUT2D eigenvalue weighted by Gasteiger charge is -2.19. The molecule has 2 aromatic rings. The van der Waals surface area contributed by atoms with Crippen molar-refractivity contribution < 1.29 is 17.9 Å². The fraction of sp³-hybridized carbons (Fsp3) is 0.438. The molecule has 1 aromatic carbocycles. The number of ether oxygens (including phenoxy) is 1. The van der Waals surface area contributed by atoms with Gasteiger partial charge in [-0.2, -0.15) is 13.2 Å². The lowest BCUT2D eigenvalue weighted by Crippen LogP contribution is -2.14. The van der Waals surface area contributed by atoms with E-state index in [-0.39, 0.29) is 5.56 Å². The number of aromatic nitrogens is 1. The quantitative estimate of drug-likeness (QED) is 0.718. The molecule has 0 saturated carbocycles. The van der Waals surface area contributed by atoms with Gasteiger partial charge in [0.05, 0.1) is 11.3 Å². The number of hydrogen-bond donors (Lipinski definition) is 1. The van der Waals surface area contributed by atoms with E-state index in [1.165, 1.54) is 24.3 Å². The molecule has 0 amide bonds. The summed E-state index contributed by atoms with van der Waals surface area (Å²) in [6.45, 7) is 2.99. The van der Waals surface area contributed by atoms with Crippen molar-refractivity contribution in [3.8, 4) is 0 Å². The second-order valence-electron chi connectivity index (χ2n) is 5.59. The number of benzene rings is 1. The van der Waals surface area contributed by atoms with E-state index >= 15 is 0 Å². The fourth-order valence-electron chi connectivity index (χ4n) is 2.64. The molecule has 1 aliphatic rings. The molecule has 0 bridgehead atoms. The van der Waals surface area contributed by atoms with Crippen LogP contribution in [0.3, 0.4) is 0 Å². The first-order valence-corrected chi connectivity index (χ1v) is 9.27. The summed E-state index contributed by atoms with van der Waals surface area (Å²) in [4.78, 5) is 5.11. The summed E-state index contributed by atoms with van der Waals surface area (Å²) in [7, 11) is 0. The highest BCUT2D eigenvalue weighted by Gasteiger charge is 2.32. The van der Waals surface area contributed by atoms with Crippen LogP contribution in [0.1, 0.15) is 35.6 Å². The smallest absolute Gasteiger partial charge is 0.381 e. The number of rotatable bonds is 4. The van der Waals surface area contributed by atoms with Crippen molar-refractivity contribution in [3.63, 3.8) is 0 Å². The van der Waals surface area contributed by atoms with Gasteiger partial charge in [-0.25, -0.2) is 4.98 Å². The highest BCUT2D eigenvalue weighted by molar-refractivity contribution is 8.00. The van der Waals surface area contributed by atoms with E-state index in [1.807, 2.05) is 5.38 Å². The standard InChI is InChI=1S/C16H17F3N2OS2/c1-10-12(16(17,18)19)3-2-4-14(10)24-21-15-20-13(9-23-15)11-5-7-22-8-6-11/h2-4,9,11H,5-8H2,1H3,(H,20,21). The fourth-order valence-corrected chi connectivity index (χ4v) is 4.25. The normalized spacial score (nSPS) is 16.3. The van der Waals surface area contributed by atoms with Gasteiger partial charge in [0.25, 0.3) is 0 Å². The van der Waals surface area contributed by atoms with Crippen LogP contribution in [0.4, 0.5) is 18.3 Å². The molecule has 1 aromatic heterocycles. The highest BCUT2D eigenvalue weighted by atomic mass is 32.2. The molecule has 24 heavy (non-hydrogen) atoms. The number of alkyl halides is 3. The average Bonchev–Trinajstić information content (AvgIpc) is 3.02. The van der Waals surface area contributed by atoms with Crippen LogP contribution in [0.15, 0.2) is 28.5 Å². The largest absolute Gasteiger partial charge is 0.416 e. The predicted molar refractivity (Wildman–Crippen MR) is 90.6 cm³/mol. The summed E-state index contributed by atoms with van der Waals surface area (Å²) in [5, 5.41) is 2.72. The van der Waals surface area contributed by atoms with E-state index in [1.54, 1.807) is 6.07 Å². The molecule has 8 heteroatoms. The summed E-state index contributed by atoms with van der Waals surface area (Å²) in [6.07, 6.45) is -2.41. The Morgan fingerprint density at radius 3 is 2.75 bits per heavy atom. The van der Waals surface area contributed by atoms with Crippen molar-refractivity contribution in [1.29, 1.82) is 0 Å². The minimum Gasteiger partial charge on any atom is -0.381 e. The van der Waals surface area contributed by atoms with E-state index in [0.29, 0.717) is 15.9 Å². The minimum atomic E-state index is -4.34. The SMILES string of the molecule is Cc1c(SNc2nc(C3CCOCC3)cs2)cccc1C(F)(F)F. The van der Waals surface area contributed by atoms with Gasteiger partial charge in [-0.1, -0.05) is 6.07 Å². The molecule has 1 fully saturated rings. The van der Waals surface area contributed by atoms with Gasteiger partial charge < -0.3 is 9.46 Å². The van der Waals surface area contributed by atoms with Crippen molar-refractivity contribution in [2.45, 2.75) is 36.8 Å². The molecule has 0 radical (unpaired) electrons. The Morgan fingerprint density at radius 2 is 2.04 bits per heavy atom. The van der Waals surface area contributed by atoms with Crippen LogP contribution in [-0.2, 0) is 10.9 Å². The highest BCUT2D eigenvalue weighted by Crippen LogP contribution is 2.37. The van der Waals surface area contributed by atoms with Crippen LogP contribution in [0.25, 0.3) is 0 Å². The maximum Gasteiger partial charge on any atom is 0.416 e. The number of nitrogens with one attached hydrogen (secondary N) is 1. The molecule has 0 atom stereocenters. The second-order valence-corrected chi connectivity index (χ2v) is 7.30. The number of hydrogen-bond acceptors (Lipinski definition) is 5. The van der Waals surface area contributed by atoms with Crippen molar-refractivity contribution >= 4 is 28.4 Å². The van der Waals surface area contributed by atoms with Crippen LogP contribution in [0.2, 0.25) is 0 Å². The summed E-state index contributed by atoms with van der Waals surface area (Å²) in [6, 6.07) is 4.20. The Hall–Kier alpha value is -1.25. The van der Waals surface area contributed by atoms with E-state index in [0.717, 1.165) is 49.8 Å². The first kappa shape index (κ1) is 17.6. The molecular formula is C16H17F3N2OS2. The minimum absolute atomic E-state index is 0.226. The molecule has 1 saturated heterocycles. The molecular weight excluding hydrogens is 357 g/mol. The Balaban J connectivity index is 1.67. The molecule has 130 valence electrons. The summed E-state index contributed by atoms with van der Waals surface area (Å²) in [5.74, 6) is 0.408. The van der Waals surface area contributed by atoms with E-state index in [2.05, 4.69) is 9.71 Å². The summed E-state index contributed by atoms with van der Waals surface area (Å²) in [5.41, 5.74) is 0.659.